The summed E-state index contributed by atoms with van der Waals surface area (Å²) in [5.74, 6) is -0.113. The summed E-state index contributed by atoms with van der Waals surface area (Å²) in [6, 6.07) is 4.76. The van der Waals surface area contributed by atoms with Gasteiger partial charge in [0, 0.05) is 24.1 Å². The van der Waals surface area contributed by atoms with Gasteiger partial charge in [0.1, 0.15) is 0 Å². The number of nitrogens with one attached hydrogen (secondary N) is 1. The molecule has 0 aliphatic heterocycles. The highest BCUT2D eigenvalue weighted by Gasteiger charge is 2.09. The number of halogens is 1. The summed E-state index contributed by atoms with van der Waals surface area (Å²) in [5, 5.41) is 3.17. The highest BCUT2D eigenvalue weighted by atomic mass is 19.1. The van der Waals surface area contributed by atoms with E-state index in [0.29, 0.717) is 12.3 Å². The van der Waals surface area contributed by atoms with Crippen molar-refractivity contribution < 1.29 is 9.13 Å². The molecule has 0 saturated carbocycles. The highest BCUT2D eigenvalue weighted by Crippen LogP contribution is 2.23. The molecule has 1 aromatic carbocycles. The molecule has 0 spiro atoms. The van der Waals surface area contributed by atoms with Crippen LogP contribution in [0, 0.1) is 5.82 Å². The summed E-state index contributed by atoms with van der Waals surface area (Å²) < 4.78 is 18.9. The Balaban J connectivity index is 2.09. The van der Waals surface area contributed by atoms with E-state index in [1.165, 1.54) is 6.07 Å². The zero-order valence-corrected chi connectivity index (χ0v) is 10.9. The first-order valence-electron chi connectivity index (χ1n) is 6.15. The van der Waals surface area contributed by atoms with E-state index >= 15 is 0 Å². The number of benzene rings is 1. The highest BCUT2D eigenvalue weighted by molar-refractivity contribution is 5.48. The predicted octanol–water partition coefficient (Wildman–Crippen LogP) is 3.19. The molecule has 0 bridgehead atoms. The van der Waals surface area contributed by atoms with E-state index in [4.69, 9.17) is 4.74 Å². The predicted molar refractivity (Wildman–Crippen MR) is 71.6 cm³/mol. The molecule has 1 unspecified atom stereocenters. The van der Waals surface area contributed by atoms with E-state index in [1.807, 2.05) is 13.8 Å². The SMILES string of the molecule is CCOc1ccc(NC(C)c2cnccn2)cc1F. The van der Waals surface area contributed by atoms with Crippen molar-refractivity contribution in [3.05, 3.63) is 48.3 Å². The second-order valence-electron chi connectivity index (χ2n) is 4.07. The third kappa shape index (κ3) is 3.40. The van der Waals surface area contributed by atoms with Crippen LogP contribution in [0.4, 0.5) is 10.1 Å². The summed E-state index contributed by atoms with van der Waals surface area (Å²) in [7, 11) is 0. The van der Waals surface area contributed by atoms with E-state index < -0.39 is 0 Å². The van der Waals surface area contributed by atoms with Gasteiger partial charge in [-0.3, -0.25) is 9.97 Å². The van der Waals surface area contributed by atoms with Gasteiger partial charge in [0.25, 0.3) is 0 Å². The average molecular weight is 261 g/mol. The van der Waals surface area contributed by atoms with E-state index in [1.54, 1.807) is 30.7 Å². The lowest BCUT2D eigenvalue weighted by Crippen LogP contribution is -2.09. The quantitative estimate of drug-likeness (QED) is 0.898. The number of anilines is 1. The maximum Gasteiger partial charge on any atom is 0.167 e. The van der Waals surface area contributed by atoms with E-state index in [0.717, 1.165) is 5.69 Å². The fraction of sp³-hybridized carbons (Fsp3) is 0.286. The molecule has 19 heavy (non-hydrogen) atoms. The number of aromatic nitrogens is 2. The number of nitrogens with zero attached hydrogens (tertiary/aromatic N) is 2. The van der Waals surface area contributed by atoms with Crippen molar-refractivity contribution in [2.75, 3.05) is 11.9 Å². The summed E-state index contributed by atoms with van der Waals surface area (Å²) in [6.07, 6.45) is 4.93. The molecule has 2 aromatic rings. The molecule has 5 heteroatoms. The third-order valence-electron chi connectivity index (χ3n) is 2.64. The second-order valence-corrected chi connectivity index (χ2v) is 4.07. The maximum absolute atomic E-state index is 13.7. The molecule has 0 amide bonds. The van der Waals surface area contributed by atoms with Crippen LogP contribution >= 0.6 is 0 Å². The Morgan fingerprint density at radius 3 is 2.84 bits per heavy atom. The first-order valence-corrected chi connectivity index (χ1v) is 6.15. The van der Waals surface area contributed by atoms with Crippen molar-refractivity contribution in [2.24, 2.45) is 0 Å². The number of rotatable bonds is 5. The topological polar surface area (TPSA) is 47.0 Å². The molecule has 1 heterocycles. The van der Waals surface area contributed by atoms with Gasteiger partial charge in [-0.05, 0) is 26.0 Å². The van der Waals surface area contributed by atoms with Crippen molar-refractivity contribution in [1.29, 1.82) is 0 Å². The van der Waals surface area contributed by atoms with Gasteiger partial charge in [-0.15, -0.1) is 0 Å². The van der Waals surface area contributed by atoms with Crippen molar-refractivity contribution in [3.63, 3.8) is 0 Å². The second kappa shape index (κ2) is 6.13. The molecule has 0 radical (unpaired) electrons. The summed E-state index contributed by atoms with van der Waals surface area (Å²) in [5.41, 5.74) is 1.48. The summed E-state index contributed by atoms with van der Waals surface area (Å²) in [6.45, 7) is 4.21. The lowest BCUT2D eigenvalue weighted by Gasteiger charge is -2.15. The zero-order chi connectivity index (χ0) is 13.7. The largest absolute Gasteiger partial charge is 0.491 e. The zero-order valence-electron chi connectivity index (χ0n) is 10.9. The van der Waals surface area contributed by atoms with Crippen molar-refractivity contribution in [2.45, 2.75) is 19.9 Å². The van der Waals surface area contributed by atoms with Crippen LogP contribution in [-0.4, -0.2) is 16.6 Å². The summed E-state index contributed by atoms with van der Waals surface area (Å²) in [4.78, 5) is 8.21. The van der Waals surface area contributed by atoms with Crippen LogP contribution in [0.5, 0.6) is 5.75 Å². The van der Waals surface area contributed by atoms with Crippen LogP contribution in [0.15, 0.2) is 36.8 Å². The van der Waals surface area contributed by atoms with Crippen LogP contribution in [0.3, 0.4) is 0 Å². The van der Waals surface area contributed by atoms with Crippen LogP contribution in [-0.2, 0) is 0 Å². The smallest absolute Gasteiger partial charge is 0.167 e. The Morgan fingerprint density at radius 1 is 1.37 bits per heavy atom. The van der Waals surface area contributed by atoms with E-state index in [9.17, 15) is 4.39 Å². The monoisotopic (exact) mass is 261 g/mol. The van der Waals surface area contributed by atoms with Gasteiger partial charge >= 0.3 is 0 Å². The fourth-order valence-corrected chi connectivity index (χ4v) is 1.72. The average Bonchev–Trinajstić information content (AvgIpc) is 2.43. The van der Waals surface area contributed by atoms with Gasteiger partial charge in [0.05, 0.1) is 24.5 Å². The molecule has 0 fully saturated rings. The van der Waals surface area contributed by atoms with Crippen LogP contribution in [0.1, 0.15) is 25.6 Å². The van der Waals surface area contributed by atoms with Gasteiger partial charge in [0.2, 0.25) is 0 Å². The Morgan fingerprint density at radius 2 is 2.21 bits per heavy atom. The van der Waals surface area contributed by atoms with Gasteiger partial charge in [-0.25, -0.2) is 4.39 Å². The minimum Gasteiger partial charge on any atom is -0.491 e. The summed E-state index contributed by atoms with van der Waals surface area (Å²) >= 11 is 0. The van der Waals surface area contributed by atoms with E-state index in [2.05, 4.69) is 15.3 Å². The standard InChI is InChI=1S/C14H16FN3O/c1-3-19-14-5-4-11(8-12(14)15)18-10(2)13-9-16-6-7-17-13/h4-10,18H,3H2,1-2H3. The minimum absolute atomic E-state index is 0.0500. The first-order chi connectivity index (χ1) is 9.20. The van der Waals surface area contributed by atoms with Gasteiger partial charge in [-0.1, -0.05) is 0 Å². The molecule has 1 N–H and O–H groups in total. The molecule has 0 aliphatic rings. The lowest BCUT2D eigenvalue weighted by atomic mass is 10.2. The maximum atomic E-state index is 13.7. The molecule has 4 nitrogen and oxygen atoms in total. The van der Waals surface area contributed by atoms with Crippen LogP contribution < -0.4 is 10.1 Å². The molecule has 1 atom stereocenters. The Kier molecular flexibility index (Phi) is 4.28. The number of hydrogen-bond donors (Lipinski definition) is 1. The van der Waals surface area contributed by atoms with Crippen LogP contribution in [0.25, 0.3) is 0 Å². The van der Waals surface area contributed by atoms with Crippen LogP contribution in [0.2, 0.25) is 0 Å². The molecule has 1 aromatic heterocycles. The Hall–Kier alpha value is -2.17. The third-order valence-corrected chi connectivity index (χ3v) is 2.64. The normalized spacial score (nSPS) is 11.9. The Bertz CT molecular complexity index is 533. The van der Waals surface area contributed by atoms with Crippen molar-refractivity contribution in [1.82, 2.24) is 9.97 Å². The van der Waals surface area contributed by atoms with Crippen molar-refractivity contribution in [3.8, 4) is 5.75 Å². The van der Waals surface area contributed by atoms with Crippen molar-refractivity contribution >= 4 is 5.69 Å². The minimum atomic E-state index is -0.377. The molecule has 0 aliphatic carbocycles. The first kappa shape index (κ1) is 13.3. The number of ether oxygens (including phenoxy) is 1. The molecule has 100 valence electrons. The fourth-order valence-electron chi connectivity index (χ4n) is 1.72. The van der Waals surface area contributed by atoms with E-state index in [-0.39, 0.29) is 17.6 Å². The number of hydrogen-bond acceptors (Lipinski definition) is 4. The van der Waals surface area contributed by atoms with Gasteiger partial charge in [0.15, 0.2) is 11.6 Å². The van der Waals surface area contributed by atoms with Gasteiger partial charge < -0.3 is 10.1 Å². The Labute approximate surface area is 111 Å². The molecule has 0 saturated heterocycles. The lowest BCUT2D eigenvalue weighted by molar-refractivity contribution is 0.321. The molecule has 2 rings (SSSR count). The molecular formula is C14H16FN3O. The molecular weight excluding hydrogens is 245 g/mol. The van der Waals surface area contributed by atoms with Gasteiger partial charge in [-0.2, -0.15) is 0 Å².